The fourth-order valence-electron chi connectivity index (χ4n) is 14.1. The summed E-state index contributed by atoms with van der Waals surface area (Å²) in [4.78, 5) is 2.78. The van der Waals surface area contributed by atoms with Gasteiger partial charge >= 0.3 is 6.85 Å². The lowest BCUT2D eigenvalue weighted by Crippen LogP contribution is -2.60. The Morgan fingerprint density at radius 2 is 1.26 bits per heavy atom. The third-order valence-corrected chi connectivity index (χ3v) is 19.0. The molecule has 0 saturated carbocycles. The van der Waals surface area contributed by atoms with Gasteiger partial charge in [-0.25, -0.2) is 0 Å². The minimum atomic E-state index is -0.154. The summed E-state index contributed by atoms with van der Waals surface area (Å²) in [5.74, 6) is 0. The second kappa shape index (κ2) is 12.6. The molecule has 3 aliphatic carbocycles. The Balaban J connectivity index is 1.18. The molecule has 2 nitrogen and oxygen atoms in total. The molecule has 4 heterocycles. The summed E-state index contributed by atoms with van der Waals surface area (Å²) >= 11 is 2.01. The van der Waals surface area contributed by atoms with Crippen LogP contribution in [0.3, 0.4) is 0 Å². The third-order valence-electron chi connectivity index (χ3n) is 17.8. The highest BCUT2D eigenvalue weighted by Crippen LogP contribution is 2.57. The number of fused-ring (bicyclic) bond motifs is 20. The summed E-state index contributed by atoms with van der Waals surface area (Å²) in [5.41, 5.74) is 27.8. The van der Waals surface area contributed by atoms with E-state index in [-0.39, 0.29) is 28.5 Å². The first-order valence-electron chi connectivity index (χ1n) is 25.0. The molecule has 0 spiro atoms. The predicted molar refractivity (Wildman–Crippen MR) is 293 cm³/mol. The monoisotopic (exact) mass is 894 g/mol. The van der Waals surface area contributed by atoms with Gasteiger partial charge in [0.2, 0.25) is 0 Å². The quantitative estimate of drug-likeness (QED) is 0.149. The third kappa shape index (κ3) is 4.85. The van der Waals surface area contributed by atoms with Crippen molar-refractivity contribution in [2.75, 3.05) is 4.81 Å². The first-order valence-corrected chi connectivity index (χ1v) is 25.9. The predicted octanol–water partition coefficient (Wildman–Crippen LogP) is 15.9. The molecule has 10 aromatic rings. The molecule has 15 rings (SSSR count). The van der Waals surface area contributed by atoms with E-state index in [1.54, 1.807) is 0 Å². The van der Waals surface area contributed by atoms with Crippen LogP contribution in [-0.2, 0) is 28.1 Å². The summed E-state index contributed by atoms with van der Waals surface area (Å²) in [6.07, 6.45) is 3.31. The zero-order chi connectivity index (χ0) is 46.1. The van der Waals surface area contributed by atoms with Crippen LogP contribution in [0.15, 0.2) is 133 Å². The van der Waals surface area contributed by atoms with E-state index in [4.69, 9.17) is 0 Å². The van der Waals surface area contributed by atoms with Gasteiger partial charge in [0.25, 0.3) is 0 Å². The van der Waals surface area contributed by atoms with Gasteiger partial charge in [-0.05, 0) is 162 Å². The molecule has 68 heavy (non-hydrogen) atoms. The molecule has 8 aromatic carbocycles. The van der Waals surface area contributed by atoms with Crippen molar-refractivity contribution < 1.29 is 0 Å². The Morgan fingerprint density at radius 1 is 0.559 bits per heavy atom. The summed E-state index contributed by atoms with van der Waals surface area (Å²) in [5, 5.41) is 5.60. The molecular formula is C64H55BN2S. The van der Waals surface area contributed by atoms with Gasteiger partial charge in [-0.3, -0.25) is 0 Å². The van der Waals surface area contributed by atoms with Gasteiger partial charge in [-0.15, -0.1) is 11.3 Å². The smallest absolute Gasteiger partial charge is 0.333 e. The van der Waals surface area contributed by atoms with Crippen LogP contribution in [0.25, 0.3) is 81.0 Å². The highest BCUT2D eigenvalue weighted by Gasteiger charge is 2.49. The Bertz CT molecular complexity index is 3960. The minimum absolute atomic E-state index is 0.0388. The number of anilines is 2. The van der Waals surface area contributed by atoms with Crippen LogP contribution in [0.5, 0.6) is 0 Å². The maximum atomic E-state index is 2.78. The van der Waals surface area contributed by atoms with E-state index in [0.29, 0.717) is 0 Å². The molecule has 0 unspecified atom stereocenters. The first kappa shape index (κ1) is 39.6. The van der Waals surface area contributed by atoms with Gasteiger partial charge < -0.3 is 9.38 Å². The fourth-order valence-corrected chi connectivity index (χ4v) is 15.3. The largest absolute Gasteiger partial charge is 0.376 e. The normalized spacial score (nSPS) is 17.3. The number of benzene rings is 8. The fraction of sp³-hybridized carbons (Fsp3) is 0.250. The first-order chi connectivity index (χ1) is 32.6. The number of aromatic nitrogens is 1. The van der Waals surface area contributed by atoms with E-state index in [2.05, 4.69) is 205 Å². The van der Waals surface area contributed by atoms with Crippen molar-refractivity contribution in [3.8, 4) is 39.1 Å². The molecule has 0 saturated heterocycles. The molecule has 0 bridgehead atoms. The summed E-state index contributed by atoms with van der Waals surface area (Å²) in [6.45, 7) is 21.8. The second-order valence-corrected chi connectivity index (χ2v) is 24.9. The van der Waals surface area contributed by atoms with E-state index in [9.17, 15) is 0 Å². The zero-order valence-corrected chi connectivity index (χ0v) is 41.5. The van der Waals surface area contributed by atoms with Crippen LogP contribution < -0.4 is 15.7 Å². The number of rotatable bonds is 1. The second-order valence-electron chi connectivity index (χ2n) is 23.9. The molecule has 0 N–H and O–H groups in total. The average molecular weight is 895 g/mol. The van der Waals surface area contributed by atoms with E-state index in [1.807, 2.05) is 11.3 Å². The Hall–Kier alpha value is -6.36. The Kier molecular flexibility index (Phi) is 7.37. The van der Waals surface area contributed by atoms with Crippen molar-refractivity contribution in [1.82, 2.24) is 4.57 Å². The lowest BCUT2D eigenvalue weighted by Gasteiger charge is -2.43. The van der Waals surface area contributed by atoms with Crippen molar-refractivity contribution >= 4 is 82.5 Å². The van der Waals surface area contributed by atoms with Gasteiger partial charge in [0.15, 0.2) is 0 Å². The summed E-state index contributed by atoms with van der Waals surface area (Å²) in [6, 6.07) is 53.1. The van der Waals surface area contributed by atoms with E-state index in [1.165, 1.54) is 155 Å². The van der Waals surface area contributed by atoms with E-state index >= 15 is 0 Å². The molecule has 2 aliphatic heterocycles. The Labute approximate surface area is 404 Å². The van der Waals surface area contributed by atoms with Gasteiger partial charge in [0, 0.05) is 59.0 Å². The number of hydrogen-bond donors (Lipinski definition) is 0. The standard InChI is InChI=1S/C64H55BN2S/c1-61(2,3)37-22-24-38(25-23-37)67-52-29-36-28-35-16-10-11-17-39(35)42(36)30-44(52)55-56-41-19-13-15-21-54(41)68-60(56)57-45-31-48-49(63(6,7)27-26-62(48,4)5)34-51(45)66-53-32-43-40-18-12-14-20-46(40)64(8,9)47(43)33-50(53)65(67)58(55)59(57)66/h10-25,29-34H,26-28H2,1-9H3. The molecule has 0 atom stereocenters. The topological polar surface area (TPSA) is 8.17 Å². The van der Waals surface area contributed by atoms with Crippen LogP contribution in [0, 0.1) is 0 Å². The maximum Gasteiger partial charge on any atom is 0.333 e. The number of thiophene rings is 1. The van der Waals surface area contributed by atoms with Crippen LogP contribution in [-0.4, -0.2) is 11.4 Å². The van der Waals surface area contributed by atoms with Crippen LogP contribution in [0.4, 0.5) is 11.4 Å². The molecule has 5 aliphatic rings. The van der Waals surface area contributed by atoms with E-state index < -0.39 is 0 Å². The minimum Gasteiger partial charge on any atom is -0.376 e. The molecule has 0 fully saturated rings. The van der Waals surface area contributed by atoms with Crippen LogP contribution >= 0.6 is 11.3 Å². The van der Waals surface area contributed by atoms with Gasteiger partial charge in [0.05, 0.1) is 11.0 Å². The van der Waals surface area contributed by atoms with Crippen molar-refractivity contribution in [3.05, 3.63) is 172 Å². The number of hydrogen-bond acceptors (Lipinski definition) is 2. The van der Waals surface area contributed by atoms with Crippen LogP contribution in [0.2, 0.25) is 0 Å². The number of nitrogens with zero attached hydrogens (tertiary/aromatic N) is 2. The lowest BCUT2D eigenvalue weighted by molar-refractivity contribution is 0.332. The van der Waals surface area contributed by atoms with Crippen molar-refractivity contribution in [2.24, 2.45) is 0 Å². The van der Waals surface area contributed by atoms with Gasteiger partial charge in [-0.1, -0.05) is 147 Å². The highest BCUT2D eigenvalue weighted by molar-refractivity contribution is 7.27. The SMILES string of the molecule is CC(C)(C)c1ccc(N2B3c4cc5c(cc4-n4c6cc7c(cc6c6c8sc9ccccc9c8c(c3c64)-c3cc4c(cc32)Cc2ccccc2-4)C(C)(C)CCC7(C)C)-c2ccccc2C5(C)C)cc1. The average Bonchev–Trinajstić information content (AvgIpc) is 4.05. The van der Waals surface area contributed by atoms with Crippen molar-refractivity contribution in [3.63, 3.8) is 0 Å². The molecule has 0 radical (unpaired) electrons. The van der Waals surface area contributed by atoms with Crippen molar-refractivity contribution in [1.29, 1.82) is 0 Å². The zero-order valence-electron chi connectivity index (χ0n) is 40.7. The molecular weight excluding hydrogens is 840 g/mol. The van der Waals surface area contributed by atoms with Crippen LogP contribution in [0.1, 0.15) is 114 Å². The Morgan fingerprint density at radius 3 is 2.04 bits per heavy atom. The highest BCUT2D eigenvalue weighted by atomic mass is 32.1. The van der Waals surface area contributed by atoms with E-state index in [0.717, 1.165) is 6.42 Å². The molecule has 330 valence electrons. The summed E-state index contributed by atoms with van der Waals surface area (Å²) < 4.78 is 5.55. The lowest BCUT2D eigenvalue weighted by atomic mass is 9.43. The van der Waals surface area contributed by atoms with Crippen molar-refractivity contribution in [2.45, 2.75) is 103 Å². The summed E-state index contributed by atoms with van der Waals surface area (Å²) in [7, 11) is 0. The molecule has 2 aromatic heterocycles. The van der Waals surface area contributed by atoms with Gasteiger partial charge in [0.1, 0.15) is 0 Å². The maximum absolute atomic E-state index is 2.78. The molecule has 4 heteroatoms. The van der Waals surface area contributed by atoms with Gasteiger partial charge in [-0.2, -0.15) is 0 Å². The molecule has 0 amide bonds.